The lowest BCUT2D eigenvalue weighted by atomic mass is 9.96. The summed E-state index contributed by atoms with van der Waals surface area (Å²) in [6.07, 6.45) is 0.0120. The van der Waals surface area contributed by atoms with E-state index in [9.17, 15) is 18.0 Å². The van der Waals surface area contributed by atoms with E-state index in [4.69, 9.17) is 0 Å². The average Bonchev–Trinajstić information content (AvgIpc) is 2.98. The first-order chi connectivity index (χ1) is 11.0. The summed E-state index contributed by atoms with van der Waals surface area (Å²) in [5, 5.41) is 14.5. The summed E-state index contributed by atoms with van der Waals surface area (Å²) >= 11 is 1.35. The first-order valence-electron chi connectivity index (χ1n) is 7.34. The molecule has 7 nitrogen and oxygen atoms in total. The molecule has 0 atom stereocenters. The van der Waals surface area contributed by atoms with Gasteiger partial charge in [0.05, 0.1) is 6.04 Å². The second-order valence-corrected chi connectivity index (χ2v) is 6.23. The third-order valence-corrected chi connectivity index (χ3v) is 4.29. The second-order valence-electron chi connectivity index (χ2n) is 5.16. The van der Waals surface area contributed by atoms with E-state index in [0.717, 1.165) is 25.7 Å². The van der Waals surface area contributed by atoms with Crippen LogP contribution in [0.4, 0.5) is 18.0 Å². The summed E-state index contributed by atoms with van der Waals surface area (Å²) in [4.78, 5) is 11.1. The lowest BCUT2D eigenvalue weighted by molar-refractivity contribution is -0.160. The summed E-state index contributed by atoms with van der Waals surface area (Å²) in [6, 6.07) is 0.297. The van der Waals surface area contributed by atoms with Crippen LogP contribution in [0.25, 0.3) is 0 Å². The van der Waals surface area contributed by atoms with Gasteiger partial charge < -0.3 is 10.1 Å². The van der Waals surface area contributed by atoms with Crippen LogP contribution in [0, 0.1) is 0 Å². The molecule has 1 aromatic heterocycles. The Morgan fingerprint density at radius 2 is 2.09 bits per heavy atom. The fourth-order valence-corrected chi connectivity index (χ4v) is 3.13. The van der Waals surface area contributed by atoms with Gasteiger partial charge in [0.25, 0.3) is 0 Å². The van der Waals surface area contributed by atoms with E-state index in [0.29, 0.717) is 17.0 Å². The van der Waals surface area contributed by atoms with Crippen LogP contribution >= 0.6 is 11.8 Å². The molecule has 1 fully saturated rings. The number of hydrogen-bond donors (Lipinski definition) is 1. The number of tetrazole rings is 1. The number of rotatable bonds is 6. The van der Waals surface area contributed by atoms with Crippen molar-refractivity contribution >= 4 is 17.9 Å². The SMILES string of the molecule is O=C(NCCSc1nnnn1C1CCCCC1)OCC(F)(F)F. The minimum atomic E-state index is -4.52. The van der Waals surface area contributed by atoms with Crippen molar-refractivity contribution in [2.45, 2.75) is 49.5 Å². The first-order valence-corrected chi connectivity index (χ1v) is 8.32. The van der Waals surface area contributed by atoms with E-state index in [1.807, 2.05) is 0 Å². The zero-order valence-electron chi connectivity index (χ0n) is 12.4. The highest BCUT2D eigenvalue weighted by molar-refractivity contribution is 7.99. The number of halogens is 3. The Bertz CT molecular complexity index is 505. The molecule has 1 aliphatic rings. The third kappa shape index (κ3) is 6.24. The molecule has 0 saturated heterocycles. The lowest BCUT2D eigenvalue weighted by Crippen LogP contribution is -2.30. The van der Waals surface area contributed by atoms with E-state index in [-0.39, 0.29) is 6.54 Å². The average molecular weight is 353 g/mol. The zero-order chi connectivity index (χ0) is 16.7. The second kappa shape index (κ2) is 8.37. The third-order valence-electron chi connectivity index (χ3n) is 3.35. The van der Waals surface area contributed by atoms with E-state index in [2.05, 4.69) is 25.6 Å². The number of alkyl carbamates (subject to hydrolysis) is 1. The Balaban J connectivity index is 1.68. The summed E-state index contributed by atoms with van der Waals surface area (Å²) in [5.41, 5.74) is 0. The molecule has 0 unspecified atom stereocenters. The van der Waals surface area contributed by atoms with Crippen LogP contribution < -0.4 is 5.32 Å². The number of thioether (sulfide) groups is 1. The number of hydrogen-bond acceptors (Lipinski definition) is 6. The Labute approximate surface area is 135 Å². The molecule has 1 saturated carbocycles. The van der Waals surface area contributed by atoms with Gasteiger partial charge in [0.15, 0.2) is 6.61 Å². The molecule has 1 heterocycles. The van der Waals surface area contributed by atoms with E-state index in [1.54, 1.807) is 4.68 Å². The topological polar surface area (TPSA) is 81.9 Å². The summed E-state index contributed by atoms with van der Waals surface area (Å²) in [7, 11) is 0. The molecule has 1 amide bonds. The van der Waals surface area contributed by atoms with E-state index >= 15 is 0 Å². The van der Waals surface area contributed by atoms with E-state index < -0.39 is 18.9 Å². The van der Waals surface area contributed by atoms with E-state index in [1.165, 1.54) is 18.2 Å². The molecule has 1 aliphatic carbocycles. The molecule has 130 valence electrons. The molecule has 0 aromatic carbocycles. The number of aromatic nitrogens is 4. The van der Waals surface area contributed by atoms with Gasteiger partial charge in [-0.15, -0.1) is 5.10 Å². The number of nitrogens with zero attached hydrogens (tertiary/aromatic N) is 4. The molecule has 1 aromatic rings. The Kier molecular flexibility index (Phi) is 6.48. The smallest absolute Gasteiger partial charge is 0.422 e. The maximum Gasteiger partial charge on any atom is 0.422 e. The number of nitrogens with one attached hydrogen (secondary N) is 1. The number of carbonyl (C=O) groups is 1. The van der Waals surface area contributed by atoms with Gasteiger partial charge in [0, 0.05) is 12.3 Å². The van der Waals surface area contributed by atoms with Gasteiger partial charge in [-0.1, -0.05) is 31.0 Å². The van der Waals surface area contributed by atoms with Crippen LogP contribution in [-0.4, -0.2) is 51.4 Å². The van der Waals surface area contributed by atoms with Crippen molar-refractivity contribution in [3.63, 3.8) is 0 Å². The predicted molar refractivity (Wildman–Crippen MR) is 76.1 cm³/mol. The maximum absolute atomic E-state index is 11.9. The fourth-order valence-electron chi connectivity index (χ4n) is 2.33. The van der Waals surface area contributed by atoms with Crippen LogP contribution in [0.5, 0.6) is 0 Å². The molecule has 1 N–H and O–H groups in total. The summed E-state index contributed by atoms with van der Waals surface area (Å²) < 4.78 is 41.5. The Morgan fingerprint density at radius 1 is 1.35 bits per heavy atom. The predicted octanol–water partition coefficient (Wildman–Crippen LogP) is 2.56. The van der Waals surface area contributed by atoms with Crippen LogP contribution in [0.3, 0.4) is 0 Å². The number of carbonyl (C=O) groups excluding carboxylic acids is 1. The fraction of sp³-hybridized carbons (Fsp3) is 0.833. The molecule has 23 heavy (non-hydrogen) atoms. The van der Waals surface area contributed by atoms with Gasteiger partial charge in [-0.05, 0) is 23.3 Å². The van der Waals surface area contributed by atoms with Gasteiger partial charge in [-0.25, -0.2) is 9.48 Å². The van der Waals surface area contributed by atoms with Crippen LogP contribution in [-0.2, 0) is 4.74 Å². The zero-order valence-corrected chi connectivity index (χ0v) is 13.2. The number of amides is 1. The highest BCUT2D eigenvalue weighted by Gasteiger charge is 2.29. The molecule has 0 spiro atoms. The lowest BCUT2D eigenvalue weighted by Gasteiger charge is -2.21. The molecular weight excluding hydrogens is 335 g/mol. The van der Waals surface area contributed by atoms with Crippen LogP contribution in [0.15, 0.2) is 5.16 Å². The minimum Gasteiger partial charge on any atom is -0.440 e. The highest BCUT2D eigenvalue weighted by atomic mass is 32.2. The minimum absolute atomic E-state index is 0.166. The Morgan fingerprint density at radius 3 is 2.78 bits per heavy atom. The largest absolute Gasteiger partial charge is 0.440 e. The molecule has 0 radical (unpaired) electrons. The summed E-state index contributed by atoms with van der Waals surface area (Å²) in [5.74, 6) is 0.439. The van der Waals surface area contributed by atoms with Crippen LogP contribution in [0.2, 0.25) is 0 Å². The first kappa shape index (κ1) is 17.8. The maximum atomic E-state index is 11.9. The van der Waals surface area contributed by atoms with Crippen molar-refractivity contribution in [3.8, 4) is 0 Å². The molecule has 0 bridgehead atoms. The van der Waals surface area contributed by atoms with Gasteiger partial charge >= 0.3 is 12.3 Å². The Hall–Kier alpha value is -1.52. The molecule has 11 heteroatoms. The van der Waals surface area contributed by atoms with Crippen molar-refractivity contribution in [2.24, 2.45) is 0 Å². The van der Waals surface area contributed by atoms with Crippen molar-refractivity contribution in [3.05, 3.63) is 0 Å². The van der Waals surface area contributed by atoms with Gasteiger partial charge in [0.2, 0.25) is 5.16 Å². The summed E-state index contributed by atoms with van der Waals surface area (Å²) in [6.45, 7) is -1.43. The molecule has 0 aliphatic heterocycles. The van der Waals surface area contributed by atoms with Gasteiger partial charge in [-0.2, -0.15) is 13.2 Å². The normalized spacial score (nSPS) is 16.3. The van der Waals surface area contributed by atoms with Crippen LogP contribution in [0.1, 0.15) is 38.1 Å². The standard InChI is InChI=1S/C12H18F3N5O2S/c13-12(14,15)8-22-11(21)16-6-7-23-10-17-18-19-20(10)9-4-2-1-3-5-9/h9H,1-8H2,(H,16,21). The van der Waals surface area contributed by atoms with Crippen molar-refractivity contribution in [1.82, 2.24) is 25.5 Å². The van der Waals surface area contributed by atoms with Crippen molar-refractivity contribution in [2.75, 3.05) is 18.9 Å². The van der Waals surface area contributed by atoms with Crippen molar-refractivity contribution < 1.29 is 22.7 Å². The number of ether oxygens (including phenoxy) is 1. The van der Waals surface area contributed by atoms with Crippen molar-refractivity contribution in [1.29, 1.82) is 0 Å². The monoisotopic (exact) mass is 353 g/mol. The molecule has 2 rings (SSSR count). The number of alkyl halides is 3. The molecular formula is C12H18F3N5O2S. The highest BCUT2D eigenvalue weighted by Crippen LogP contribution is 2.29. The van der Waals surface area contributed by atoms with Gasteiger partial charge in [-0.3, -0.25) is 0 Å². The quantitative estimate of drug-likeness (QED) is 0.625. The van der Waals surface area contributed by atoms with Gasteiger partial charge in [0.1, 0.15) is 0 Å².